The van der Waals surface area contributed by atoms with Gasteiger partial charge in [-0.3, -0.25) is 4.79 Å². The van der Waals surface area contributed by atoms with Crippen molar-refractivity contribution in [2.75, 3.05) is 5.32 Å². The minimum absolute atomic E-state index is 0.0226. The van der Waals surface area contributed by atoms with E-state index in [1.54, 1.807) is 6.07 Å². The molecular weight excluding hydrogens is 294 g/mol. The molecule has 0 atom stereocenters. The Balaban J connectivity index is 2.24. The fourth-order valence-corrected chi connectivity index (χ4v) is 2.57. The van der Waals surface area contributed by atoms with E-state index in [-0.39, 0.29) is 22.4 Å². The molecule has 0 bridgehead atoms. The monoisotopic (exact) mass is 308 g/mol. The van der Waals surface area contributed by atoms with E-state index in [9.17, 15) is 13.6 Å². The number of thioether (sulfide) groups is 1. The molecule has 110 valence electrons. The molecule has 1 N–H and O–H groups in total. The average molecular weight is 308 g/mol. The Bertz CT molecular complexity index is 642. The van der Waals surface area contributed by atoms with Gasteiger partial charge in [-0.1, -0.05) is 6.07 Å². The van der Waals surface area contributed by atoms with Crippen molar-refractivity contribution in [1.82, 2.24) is 4.98 Å². The van der Waals surface area contributed by atoms with Crippen LogP contribution in [0.15, 0.2) is 41.6 Å². The van der Waals surface area contributed by atoms with Crippen molar-refractivity contribution in [3.05, 3.63) is 53.2 Å². The zero-order valence-corrected chi connectivity index (χ0v) is 12.4. The molecular formula is C15H14F2N2OS. The van der Waals surface area contributed by atoms with Gasteiger partial charge < -0.3 is 5.32 Å². The molecule has 0 aliphatic heterocycles. The number of carbonyl (C=O) groups is 1. The molecule has 0 fully saturated rings. The van der Waals surface area contributed by atoms with E-state index < -0.39 is 11.7 Å². The lowest BCUT2D eigenvalue weighted by Crippen LogP contribution is -2.14. The van der Waals surface area contributed by atoms with Gasteiger partial charge in [-0.2, -0.15) is 8.78 Å². The maximum atomic E-state index is 12.5. The standard InChI is InChI=1S/C15H14F2N2OS/c1-9-6-10(2)8-11(7-9)19-13(20)12-4-3-5-18-14(12)21-15(16)17/h3-8,15H,1-2H3,(H,19,20). The highest BCUT2D eigenvalue weighted by Crippen LogP contribution is 2.27. The van der Waals surface area contributed by atoms with Gasteiger partial charge in [0.15, 0.2) is 0 Å². The topological polar surface area (TPSA) is 42.0 Å². The maximum absolute atomic E-state index is 12.5. The van der Waals surface area contributed by atoms with Crippen LogP contribution in [0.1, 0.15) is 21.5 Å². The number of rotatable bonds is 4. The highest BCUT2D eigenvalue weighted by molar-refractivity contribution is 7.99. The van der Waals surface area contributed by atoms with Gasteiger partial charge >= 0.3 is 0 Å². The summed E-state index contributed by atoms with van der Waals surface area (Å²) in [5.41, 5.74) is 2.80. The molecule has 0 aliphatic rings. The molecule has 1 heterocycles. The van der Waals surface area contributed by atoms with Crippen LogP contribution in [0.2, 0.25) is 0 Å². The van der Waals surface area contributed by atoms with E-state index in [0.29, 0.717) is 5.69 Å². The number of nitrogens with one attached hydrogen (secondary N) is 1. The van der Waals surface area contributed by atoms with Crippen LogP contribution in [-0.2, 0) is 0 Å². The quantitative estimate of drug-likeness (QED) is 0.858. The number of alkyl halides is 2. The predicted octanol–water partition coefficient (Wildman–Crippen LogP) is 4.27. The molecule has 1 aromatic carbocycles. The summed E-state index contributed by atoms with van der Waals surface area (Å²) >= 11 is 0.265. The van der Waals surface area contributed by atoms with Gasteiger partial charge in [0, 0.05) is 11.9 Å². The second-order valence-corrected chi connectivity index (χ2v) is 5.54. The molecule has 0 spiro atoms. The van der Waals surface area contributed by atoms with Crippen molar-refractivity contribution in [2.24, 2.45) is 0 Å². The van der Waals surface area contributed by atoms with E-state index in [1.165, 1.54) is 12.3 Å². The van der Waals surface area contributed by atoms with Crippen LogP contribution >= 0.6 is 11.8 Å². The van der Waals surface area contributed by atoms with E-state index in [2.05, 4.69) is 10.3 Å². The number of hydrogen-bond acceptors (Lipinski definition) is 3. The molecule has 1 aromatic heterocycles. The second-order valence-electron chi connectivity index (χ2n) is 4.57. The minimum Gasteiger partial charge on any atom is -0.322 e. The summed E-state index contributed by atoms with van der Waals surface area (Å²) < 4.78 is 25.0. The van der Waals surface area contributed by atoms with Gasteiger partial charge in [0.1, 0.15) is 5.03 Å². The van der Waals surface area contributed by atoms with Crippen LogP contribution in [0.4, 0.5) is 14.5 Å². The largest absolute Gasteiger partial charge is 0.322 e. The van der Waals surface area contributed by atoms with Crippen molar-refractivity contribution >= 4 is 23.4 Å². The first-order valence-electron chi connectivity index (χ1n) is 6.25. The molecule has 0 saturated carbocycles. The smallest absolute Gasteiger partial charge is 0.290 e. The summed E-state index contributed by atoms with van der Waals surface area (Å²) in [7, 11) is 0. The highest BCUT2D eigenvalue weighted by Gasteiger charge is 2.16. The third-order valence-corrected chi connectivity index (χ3v) is 3.42. The number of aryl methyl sites for hydroxylation is 2. The Morgan fingerprint density at radius 2 is 1.90 bits per heavy atom. The Morgan fingerprint density at radius 3 is 2.52 bits per heavy atom. The summed E-state index contributed by atoms with van der Waals surface area (Å²) in [6, 6.07) is 8.65. The van der Waals surface area contributed by atoms with Crippen molar-refractivity contribution in [3.63, 3.8) is 0 Å². The first-order chi connectivity index (χ1) is 9.95. The molecule has 0 aliphatic carbocycles. The Morgan fingerprint density at radius 1 is 1.24 bits per heavy atom. The highest BCUT2D eigenvalue weighted by atomic mass is 32.2. The Labute approximate surface area is 125 Å². The fourth-order valence-electron chi connectivity index (χ4n) is 1.99. The number of halogens is 2. The molecule has 6 heteroatoms. The van der Waals surface area contributed by atoms with Crippen LogP contribution in [0.5, 0.6) is 0 Å². The molecule has 2 aromatic rings. The van der Waals surface area contributed by atoms with Gasteiger partial charge in [-0.15, -0.1) is 0 Å². The molecule has 0 unspecified atom stereocenters. The molecule has 0 saturated heterocycles. The van der Waals surface area contributed by atoms with E-state index >= 15 is 0 Å². The lowest BCUT2D eigenvalue weighted by atomic mass is 10.1. The number of hydrogen-bond donors (Lipinski definition) is 1. The first kappa shape index (κ1) is 15.4. The lowest BCUT2D eigenvalue weighted by Gasteiger charge is -2.10. The first-order valence-corrected chi connectivity index (χ1v) is 7.13. The summed E-state index contributed by atoms with van der Waals surface area (Å²) in [6.45, 7) is 3.84. The normalized spacial score (nSPS) is 10.7. The average Bonchev–Trinajstić information content (AvgIpc) is 2.37. The lowest BCUT2D eigenvalue weighted by molar-refractivity contribution is 0.102. The second kappa shape index (κ2) is 6.67. The van der Waals surface area contributed by atoms with Gasteiger partial charge in [0.25, 0.3) is 11.7 Å². The SMILES string of the molecule is Cc1cc(C)cc(NC(=O)c2cccnc2SC(F)F)c1. The zero-order chi connectivity index (χ0) is 15.4. The number of nitrogens with zero attached hydrogens (tertiary/aromatic N) is 1. The molecule has 2 rings (SSSR count). The van der Waals surface area contributed by atoms with Crippen LogP contribution in [0, 0.1) is 13.8 Å². The summed E-state index contributed by atoms with van der Waals surface area (Å²) in [5.74, 6) is -3.07. The van der Waals surface area contributed by atoms with Gasteiger partial charge in [-0.25, -0.2) is 4.98 Å². The van der Waals surface area contributed by atoms with Crippen LogP contribution in [0.3, 0.4) is 0 Å². The maximum Gasteiger partial charge on any atom is 0.290 e. The third kappa shape index (κ3) is 4.26. The fraction of sp³-hybridized carbons (Fsp3) is 0.200. The zero-order valence-electron chi connectivity index (χ0n) is 11.6. The number of benzene rings is 1. The Kier molecular flexibility index (Phi) is 4.90. The van der Waals surface area contributed by atoms with Crippen molar-refractivity contribution in [3.8, 4) is 0 Å². The number of carbonyl (C=O) groups excluding carboxylic acids is 1. The van der Waals surface area contributed by atoms with Gasteiger partial charge in [0.05, 0.1) is 5.56 Å². The van der Waals surface area contributed by atoms with Crippen molar-refractivity contribution < 1.29 is 13.6 Å². The van der Waals surface area contributed by atoms with Crippen molar-refractivity contribution in [2.45, 2.75) is 24.6 Å². The van der Waals surface area contributed by atoms with Crippen molar-refractivity contribution in [1.29, 1.82) is 0 Å². The van der Waals surface area contributed by atoms with E-state index in [1.807, 2.05) is 32.0 Å². The third-order valence-electron chi connectivity index (χ3n) is 2.70. The van der Waals surface area contributed by atoms with Crippen LogP contribution in [0.25, 0.3) is 0 Å². The summed E-state index contributed by atoms with van der Waals surface area (Å²) in [6.07, 6.45) is 1.39. The van der Waals surface area contributed by atoms with Crippen LogP contribution < -0.4 is 5.32 Å². The van der Waals surface area contributed by atoms with Gasteiger partial charge in [0.2, 0.25) is 0 Å². The molecule has 0 radical (unpaired) electrons. The Hall–Kier alpha value is -1.95. The predicted molar refractivity (Wildman–Crippen MR) is 80.0 cm³/mol. The minimum atomic E-state index is -2.62. The number of amides is 1. The molecule has 3 nitrogen and oxygen atoms in total. The molecule has 21 heavy (non-hydrogen) atoms. The van der Waals surface area contributed by atoms with Crippen LogP contribution in [-0.4, -0.2) is 16.6 Å². The molecule has 1 amide bonds. The van der Waals surface area contributed by atoms with E-state index in [0.717, 1.165) is 11.1 Å². The number of anilines is 1. The van der Waals surface area contributed by atoms with E-state index in [4.69, 9.17) is 0 Å². The number of pyridine rings is 1. The summed E-state index contributed by atoms with van der Waals surface area (Å²) in [4.78, 5) is 16.1. The van der Waals surface area contributed by atoms with Gasteiger partial charge in [-0.05, 0) is 61.0 Å². The number of aromatic nitrogens is 1. The summed E-state index contributed by atoms with van der Waals surface area (Å²) in [5, 5.41) is 2.74.